The van der Waals surface area contributed by atoms with Crippen LogP contribution in [0.5, 0.6) is 0 Å². The van der Waals surface area contributed by atoms with Crippen molar-refractivity contribution in [2.45, 2.75) is 40.2 Å². The zero-order valence-electron chi connectivity index (χ0n) is 10.8. The zero-order chi connectivity index (χ0) is 13.1. The maximum absolute atomic E-state index is 11.9. The molecule has 2 nitrogen and oxygen atoms in total. The second-order valence-corrected chi connectivity index (χ2v) is 6.75. The van der Waals surface area contributed by atoms with Gasteiger partial charge in [-0.25, -0.2) is 0 Å². The number of hydrogen-bond acceptors (Lipinski definition) is 2. The van der Waals surface area contributed by atoms with Crippen LogP contribution in [-0.4, -0.2) is 17.8 Å². The summed E-state index contributed by atoms with van der Waals surface area (Å²) in [5, 5.41) is 3.01. The molecule has 0 saturated carbocycles. The molecule has 96 valence electrons. The van der Waals surface area contributed by atoms with E-state index >= 15 is 0 Å². The molecule has 0 saturated heterocycles. The molecule has 0 aliphatic rings. The molecule has 1 rings (SSSR count). The van der Waals surface area contributed by atoms with Gasteiger partial charge in [0, 0.05) is 28.1 Å². The van der Waals surface area contributed by atoms with E-state index in [0.717, 1.165) is 6.42 Å². The monoisotopic (exact) mass is 273 g/mol. The normalized spacial score (nSPS) is 13.5. The van der Waals surface area contributed by atoms with E-state index in [-0.39, 0.29) is 11.9 Å². The number of amides is 1. The topological polar surface area (TPSA) is 29.1 Å². The van der Waals surface area contributed by atoms with E-state index in [4.69, 9.17) is 11.6 Å². The Balaban J connectivity index is 2.50. The minimum Gasteiger partial charge on any atom is -0.353 e. The van der Waals surface area contributed by atoms with Gasteiger partial charge in [0.05, 0.1) is 5.41 Å². The van der Waals surface area contributed by atoms with Crippen LogP contribution in [0.4, 0.5) is 0 Å². The molecular weight excluding hydrogens is 254 g/mol. The highest BCUT2D eigenvalue weighted by Gasteiger charge is 2.27. The standard InChI is InChI=1S/C13H20ClNOS/c1-9(7-11-6-5-10(2)17-11)15-12(16)13(3,4)8-14/h5-6,9H,7-8H2,1-4H3,(H,15,16). The molecule has 0 aliphatic carbocycles. The minimum atomic E-state index is -0.499. The second-order valence-electron chi connectivity index (χ2n) is 5.11. The average molecular weight is 274 g/mol. The molecule has 1 N–H and O–H groups in total. The molecule has 0 aliphatic heterocycles. The maximum atomic E-state index is 11.9. The SMILES string of the molecule is Cc1ccc(CC(C)NC(=O)C(C)(C)CCl)s1. The summed E-state index contributed by atoms with van der Waals surface area (Å²) in [7, 11) is 0. The molecule has 1 heterocycles. The molecule has 0 spiro atoms. The zero-order valence-corrected chi connectivity index (χ0v) is 12.4. The van der Waals surface area contributed by atoms with Crippen molar-refractivity contribution < 1.29 is 4.79 Å². The van der Waals surface area contributed by atoms with E-state index in [0.29, 0.717) is 5.88 Å². The number of nitrogens with one attached hydrogen (secondary N) is 1. The fourth-order valence-electron chi connectivity index (χ4n) is 1.43. The maximum Gasteiger partial charge on any atom is 0.227 e. The van der Waals surface area contributed by atoms with Gasteiger partial charge in [-0.2, -0.15) is 0 Å². The molecule has 1 amide bonds. The summed E-state index contributed by atoms with van der Waals surface area (Å²) in [4.78, 5) is 14.5. The first-order chi connectivity index (χ1) is 7.85. The van der Waals surface area contributed by atoms with Crippen molar-refractivity contribution in [3.05, 3.63) is 21.9 Å². The fraction of sp³-hybridized carbons (Fsp3) is 0.615. The molecule has 0 radical (unpaired) electrons. The fourth-order valence-corrected chi connectivity index (χ4v) is 2.57. The van der Waals surface area contributed by atoms with Crippen LogP contribution >= 0.6 is 22.9 Å². The first-order valence-corrected chi connectivity index (χ1v) is 7.12. The van der Waals surface area contributed by atoms with E-state index in [2.05, 4.69) is 24.4 Å². The van der Waals surface area contributed by atoms with Gasteiger partial charge in [0.1, 0.15) is 0 Å². The highest BCUT2D eigenvalue weighted by molar-refractivity contribution is 7.11. The van der Waals surface area contributed by atoms with Gasteiger partial charge in [0.15, 0.2) is 0 Å². The highest BCUT2D eigenvalue weighted by Crippen LogP contribution is 2.19. The lowest BCUT2D eigenvalue weighted by Gasteiger charge is -2.23. The number of rotatable bonds is 5. The largest absolute Gasteiger partial charge is 0.353 e. The molecule has 0 bridgehead atoms. The van der Waals surface area contributed by atoms with Gasteiger partial charge in [-0.05, 0) is 39.8 Å². The van der Waals surface area contributed by atoms with Crippen LogP contribution in [0.15, 0.2) is 12.1 Å². The van der Waals surface area contributed by atoms with Gasteiger partial charge in [0.2, 0.25) is 5.91 Å². The number of aryl methyl sites for hydroxylation is 1. The first kappa shape index (κ1) is 14.5. The summed E-state index contributed by atoms with van der Waals surface area (Å²) in [6.45, 7) is 7.83. The molecular formula is C13H20ClNOS. The van der Waals surface area contributed by atoms with Crippen molar-refractivity contribution >= 4 is 28.8 Å². The number of alkyl halides is 1. The summed E-state index contributed by atoms with van der Waals surface area (Å²) in [5.41, 5.74) is -0.499. The summed E-state index contributed by atoms with van der Waals surface area (Å²) < 4.78 is 0. The molecule has 1 aromatic rings. The van der Waals surface area contributed by atoms with Gasteiger partial charge >= 0.3 is 0 Å². The number of carbonyl (C=O) groups is 1. The highest BCUT2D eigenvalue weighted by atomic mass is 35.5. The Morgan fingerprint density at radius 1 is 1.53 bits per heavy atom. The Morgan fingerprint density at radius 3 is 2.65 bits per heavy atom. The molecule has 4 heteroatoms. The van der Waals surface area contributed by atoms with Crippen molar-refractivity contribution in [3.63, 3.8) is 0 Å². The lowest BCUT2D eigenvalue weighted by Crippen LogP contribution is -2.43. The second kappa shape index (κ2) is 5.87. The lowest BCUT2D eigenvalue weighted by molar-refractivity contribution is -0.128. The average Bonchev–Trinajstić information content (AvgIpc) is 2.63. The minimum absolute atomic E-state index is 0.0216. The van der Waals surface area contributed by atoms with Crippen molar-refractivity contribution in [3.8, 4) is 0 Å². The van der Waals surface area contributed by atoms with E-state index in [1.165, 1.54) is 9.75 Å². The smallest absolute Gasteiger partial charge is 0.227 e. The van der Waals surface area contributed by atoms with Crippen LogP contribution in [0.25, 0.3) is 0 Å². The molecule has 1 unspecified atom stereocenters. The summed E-state index contributed by atoms with van der Waals surface area (Å²) in [6.07, 6.45) is 0.878. The molecule has 1 aromatic heterocycles. The van der Waals surface area contributed by atoms with Crippen LogP contribution in [0, 0.1) is 12.3 Å². The molecule has 1 atom stereocenters. The predicted octanol–water partition coefficient (Wildman–Crippen LogP) is 3.37. The van der Waals surface area contributed by atoms with Crippen LogP contribution in [0.3, 0.4) is 0 Å². The predicted molar refractivity (Wildman–Crippen MR) is 74.9 cm³/mol. The molecule has 0 fully saturated rings. The van der Waals surface area contributed by atoms with Gasteiger partial charge in [-0.15, -0.1) is 22.9 Å². The van der Waals surface area contributed by atoms with E-state index < -0.39 is 5.41 Å². The van der Waals surface area contributed by atoms with Gasteiger partial charge < -0.3 is 5.32 Å². The summed E-state index contributed by atoms with van der Waals surface area (Å²) in [5.74, 6) is 0.359. The number of carbonyl (C=O) groups excluding carboxylic acids is 1. The summed E-state index contributed by atoms with van der Waals surface area (Å²) >= 11 is 7.56. The lowest BCUT2D eigenvalue weighted by atomic mass is 9.94. The Bertz CT molecular complexity index is 387. The number of thiophene rings is 1. The third-order valence-corrected chi connectivity index (χ3v) is 4.32. The quantitative estimate of drug-likeness (QED) is 0.819. The van der Waals surface area contributed by atoms with Gasteiger partial charge in [0.25, 0.3) is 0 Å². The molecule has 0 aromatic carbocycles. The van der Waals surface area contributed by atoms with Gasteiger partial charge in [-0.3, -0.25) is 4.79 Å². The van der Waals surface area contributed by atoms with Crippen molar-refractivity contribution in [1.82, 2.24) is 5.32 Å². The van der Waals surface area contributed by atoms with Crippen LogP contribution in [-0.2, 0) is 11.2 Å². The Morgan fingerprint density at radius 2 is 2.18 bits per heavy atom. The third kappa shape index (κ3) is 4.32. The van der Waals surface area contributed by atoms with Crippen LogP contribution in [0.2, 0.25) is 0 Å². The first-order valence-electron chi connectivity index (χ1n) is 5.77. The van der Waals surface area contributed by atoms with Gasteiger partial charge in [-0.1, -0.05) is 0 Å². The third-order valence-electron chi connectivity index (χ3n) is 2.63. The van der Waals surface area contributed by atoms with Crippen molar-refractivity contribution in [2.75, 3.05) is 5.88 Å². The Kier molecular flexibility index (Phi) is 5.02. The van der Waals surface area contributed by atoms with Crippen LogP contribution < -0.4 is 5.32 Å². The van der Waals surface area contributed by atoms with E-state index in [1.807, 2.05) is 20.8 Å². The van der Waals surface area contributed by atoms with E-state index in [9.17, 15) is 4.79 Å². The van der Waals surface area contributed by atoms with Crippen LogP contribution in [0.1, 0.15) is 30.5 Å². The number of hydrogen-bond donors (Lipinski definition) is 1. The molecule has 17 heavy (non-hydrogen) atoms. The summed E-state index contributed by atoms with van der Waals surface area (Å²) in [6, 6.07) is 4.37. The number of halogens is 1. The van der Waals surface area contributed by atoms with Crippen molar-refractivity contribution in [1.29, 1.82) is 0 Å². The Hall–Kier alpha value is -0.540. The van der Waals surface area contributed by atoms with E-state index in [1.54, 1.807) is 11.3 Å². The Labute approximate surface area is 112 Å². The van der Waals surface area contributed by atoms with Crippen molar-refractivity contribution in [2.24, 2.45) is 5.41 Å².